The normalized spacial score (nSPS) is 10.9. The molecule has 3 aromatic rings. The molecule has 0 spiro atoms. The Morgan fingerprint density at radius 1 is 0.941 bits per heavy atom. The van der Waals surface area contributed by atoms with Crippen LogP contribution in [0.25, 0.3) is 21.2 Å². The molecule has 0 bridgehead atoms. The van der Waals surface area contributed by atoms with E-state index >= 15 is 0 Å². The van der Waals surface area contributed by atoms with Crippen LogP contribution in [-0.2, 0) is 6.42 Å². The SMILES string of the molecule is CCc1cc(-c2ccccc2)cc2ccsc12. The molecule has 0 N–H and O–H groups in total. The Morgan fingerprint density at radius 3 is 2.53 bits per heavy atom. The molecule has 0 radical (unpaired) electrons. The van der Waals surface area contributed by atoms with Gasteiger partial charge in [0, 0.05) is 4.70 Å². The van der Waals surface area contributed by atoms with E-state index in [1.54, 1.807) is 0 Å². The Morgan fingerprint density at radius 2 is 1.76 bits per heavy atom. The minimum Gasteiger partial charge on any atom is -0.144 e. The van der Waals surface area contributed by atoms with Crippen molar-refractivity contribution < 1.29 is 0 Å². The van der Waals surface area contributed by atoms with Gasteiger partial charge in [-0.2, -0.15) is 0 Å². The predicted octanol–water partition coefficient (Wildman–Crippen LogP) is 5.13. The molecule has 0 aliphatic heterocycles. The molecule has 0 unspecified atom stereocenters. The van der Waals surface area contributed by atoms with Crippen molar-refractivity contribution in [2.75, 3.05) is 0 Å². The Hall–Kier alpha value is -1.60. The molecule has 17 heavy (non-hydrogen) atoms. The monoisotopic (exact) mass is 238 g/mol. The molecule has 0 fully saturated rings. The molecule has 84 valence electrons. The predicted molar refractivity (Wildman–Crippen MR) is 76.6 cm³/mol. The number of hydrogen-bond acceptors (Lipinski definition) is 1. The maximum Gasteiger partial charge on any atom is 0.0375 e. The molecule has 0 atom stereocenters. The number of rotatable bonds is 2. The third kappa shape index (κ3) is 1.87. The first-order valence-corrected chi connectivity index (χ1v) is 6.82. The second kappa shape index (κ2) is 4.34. The van der Waals surface area contributed by atoms with Crippen LogP contribution < -0.4 is 0 Å². The van der Waals surface area contributed by atoms with Crippen LogP contribution in [-0.4, -0.2) is 0 Å². The van der Waals surface area contributed by atoms with Crippen LogP contribution in [0, 0.1) is 0 Å². The fraction of sp³-hybridized carbons (Fsp3) is 0.125. The summed E-state index contributed by atoms with van der Waals surface area (Å²) in [5.74, 6) is 0. The molecule has 1 aromatic heterocycles. The van der Waals surface area contributed by atoms with E-state index in [2.05, 4.69) is 60.8 Å². The van der Waals surface area contributed by atoms with Gasteiger partial charge in [0.25, 0.3) is 0 Å². The first-order valence-electron chi connectivity index (χ1n) is 5.94. The van der Waals surface area contributed by atoms with E-state index in [1.165, 1.54) is 26.8 Å². The van der Waals surface area contributed by atoms with Crippen LogP contribution in [0.15, 0.2) is 53.9 Å². The van der Waals surface area contributed by atoms with E-state index in [0.717, 1.165) is 6.42 Å². The third-order valence-corrected chi connectivity index (χ3v) is 4.12. The first-order chi connectivity index (χ1) is 8.38. The fourth-order valence-electron chi connectivity index (χ4n) is 2.22. The number of aryl methyl sites for hydroxylation is 1. The van der Waals surface area contributed by atoms with Gasteiger partial charge in [-0.1, -0.05) is 37.3 Å². The van der Waals surface area contributed by atoms with Crippen LogP contribution >= 0.6 is 11.3 Å². The minimum atomic E-state index is 1.09. The van der Waals surface area contributed by atoms with Crippen LogP contribution in [0.2, 0.25) is 0 Å². The van der Waals surface area contributed by atoms with Crippen molar-refractivity contribution in [3.63, 3.8) is 0 Å². The zero-order chi connectivity index (χ0) is 11.7. The summed E-state index contributed by atoms with van der Waals surface area (Å²) in [5, 5.41) is 3.55. The van der Waals surface area contributed by atoms with E-state index < -0.39 is 0 Å². The molecule has 2 aromatic carbocycles. The summed E-state index contributed by atoms with van der Waals surface area (Å²) in [4.78, 5) is 0. The highest BCUT2D eigenvalue weighted by atomic mass is 32.1. The molecule has 1 heterocycles. The highest BCUT2D eigenvalue weighted by Crippen LogP contribution is 2.31. The largest absolute Gasteiger partial charge is 0.144 e. The molecule has 0 saturated carbocycles. The number of hydrogen-bond donors (Lipinski definition) is 0. The first kappa shape index (κ1) is 10.5. The Labute approximate surface area is 106 Å². The van der Waals surface area contributed by atoms with Crippen LogP contribution in [0.5, 0.6) is 0 Å². The highest BCUT2D eigenvalue weighted by Gasteiger charge is 2.05. The smallest absolute Gasteiger partial charge is 0.0375 e. The van der Waals surface area contributed by atoms with Crippen LogP contribution in [0.4, 0.5) is 0 Å². The van der Waals surface area contributed by atoms with Crippen LogP contribution in [0.3, 0.4) is 0 Å². The quantitative estimate of drug-likeness (QED) is 0.580. The van der Waals surface area contributed by atoms with Gasteiger partial charge in [0.15, 0.2) is 0 Å². The molecule has 1 heteroatoms. The van der Waals surface area contributed by atoms with Gasteiger partial charge in [0.1, 0.15) is 0 Å². The van der Waals surface area contributed by atoms with Gasteiger partial charge in [-0.15, -0.1) is 11.3 Å². The second-order valence-electron chi connectivity index (χ2n) is 4.19. The zero-order valence-corrected chi connectivity index (χ0v) is 10.6. The van der Waals surface area contributed by atoms with Gasteiger partial charge >= 0.3 is 0 Å². The molecule has 0 nitrogen and oxygen atoms in total. The maximum absolute atomic E-state index is 2.33. The summed E-state index contributed by atoms with van der Waals surface area (Å²) in [6.45, 7) is 2.23. The number of thiophene rings is 1. The minimum absolute atomic E-state index is 1.09. The topological polar surface area (TPSA) is 0 Å². The molecule has 0 aliphatic carbocycles. The van der Waals surface area contributed by atoms with E-state index in [-0.39, 0.29) is 0 Å². The van der Waals surface area contributed by atoms with Gasteiger partial charge in [0.05, 0.1) is 0 Å². The second-order valence-corrected chi connectivity index (χ2v) is 5.11. The molecular weight excluding hydrogens is 224 g/mol. The van der Waals surface area contributed by atoms with Gasteiger partial charge < -0.3 is 0 Å². The van der Waals surface area contributed by atoms with E-state index in [4.69, 9.17) is 0 Å². The highest BCUT2D eigenvalue weighted by molar-refractivity contribution is 7.17. The lowest BCUT2D eigenvalue weighted by Crippen LogP contribution is -1.83. The molecular formula is C16H14S. The molecule has 0 aliphatic rings. The van der Waals surface area contributed by atoms with Crippen molar-refractivity contribution in [3.05, 3.63) is 59.5 Å². The molecule has 0 saturated heterocycles. The molecule has 3 rings (SSSR count). The van der Waals surface area contributed by atoms with Crippen molar-refractivity contribution in [2.45, 2.75) is 13.3 Å². The third-order valence-electron chi connectivity index (χ3n) is 3.12. The summed E-state index contributed by atoms with van der Waals surface area (Å²) >= 11 is 1.84. The van der Waals surface area contributed by atoms with Crippen molar-refractivity contribution in [1.29, 1.82) is 0 Å². The Balaban J connectivity index is 2.24. The lowest BCUT2D eigenvalue weighted by molar-refractivity contribution is 1.16. The Bertz CT molecular complexity index is 635. The number of fused-ring (bicyclic) bond motifs is 1. The summed E-state index contributed by atoms with van der Waals surface area (Å²) in [7, 11) is 0. The summed E-state index contributed by atoms with van der Waals surface area (Å²) in [6, 6.07) is 17.4. The van der Waals surface area contributed by atoms with E-state index in [0.29, 0.717) is 0 Å². The standard InChI is InChI=1S/C16H14S/c1-2-12-10-15(13-6-4-3-5-7-13)11-14-8-9-17-16(12)14/h3-11H,2H2,1H3. The maximum atomic E-state index is 2.33. The molecule has 0 amide bonds. The average molecular weight is 238 g/mol. The van der Waals surface area contributed by atoms with Crippen LogP contribution in [0.1, 0.15) is 12.5 Å². The van der Waals surface area contributed by atoms with Crippen molar-refractivity contribution >= 4 is 21.4 Å². The lowest BCUT2D eigenvalue weighted by atomic mass is 10.0. The van der Waals surface area contributed by atoms with Crippen molar-refractivity contribution in [2.24, 2.45) is 0 Å². The van der Waals surface area contributed by atoms with E-state index in [9.17, 15) is 0 Å². The lowest BCUT2D eigenvalue weighted by Gasteiger charge is -2.06. The van der Waals surface area contributed by atoms with Crippen molar-refractivity contribution in [3.8, 4) is 11.1 Å². The van der Waals surface area contributed by atoms with Gasteiger partial charge in [0.2, 0.25) is 0 Å². The van der Waals surface area contributed by atoms with Crippen molar-refractivity contribution in [1.82, 2.24) is 0 Å². The van der Waals surface area contributed by atoms with Gasteiger partial charge in [-0.25, -0.2) is 0 Å². The van der Waals surface area contributed by atoms with Gasteiger partial charge in [-0.05, 0) is 52.1 Å². The fourth-order valence-corrected chi connectivity index (χ4v) is 3.18. The zero-order valence-electron chi connectivity index (χ0n) is 9.81. The summed E-state index contributed by atoms with van der Waals surface area (Å²) in [6.07, 6.45) is 1.09. The average Bonchev–Trinajstić information content (AvgIpc) is 2.86. The van der Waals surface area contributed by atoms with Gasteiger partial charge in [-0.3, -0.25) is 0 Å². The summed E-state index contributed by atoms with van der Waals surface area (Å²) < 4.78 is 1.44. The van der Waals surface area contributed by atoms with E-state index in [1.807, 2.05) is 11.3 Å². The summed E-state index contributed by atoms with van der Waals surface area (Å²) in [5.41, 5.74) is 4.08. The Kier molecular flexibility index (Phi) is 2.69. The number of benzene rings is 2.